The highest BCUT2D eigenvalue weighted by Crippen LogP contribution is 2.33. The molecular weight excluding hydrogens is 286 g/mol. The number of hydrogen-bond donors (Lipinski definition) is 0. The van der Waals surface area contributed by atoms with E-state index in [1.807, 2.05) is 36.4 Å². The molecule has 108 valence electrons. The minimum atomic E-state index is -1.04. The van der Waals surface area contributed by atoms with Crippen LogP contribution in [0.3, 0.4) is 0 Å². The van der Waals surface area contributed by atoms with E-state index < -0.39 is 11.2 Å². The third kappa shape index (κ3) is 3.43. The zero-order valence-electron chi connectivity index (χ0n) is 11.9. The number of rotatable bonds is 4. The van der Waals surface area contributed by atoms with Crippen LogP contribution in [0.15, 0.2) is 59.7 Å². The Balaban J connectivity index is 2.35. The van der Waals surface area contributed by atoms with Gasteiger partial charge in [-0.05, 0) is 29.4 Å². The number of allylic oxidation sites excluding steroid dienone is 3. The molecule has 0 fully saturated rings. The summed E-state index contributed by atoms with van der Waals surface area (Å²) in [5.74, 6) is 0. The lowest BCUT2D eigenvalue weighted by Crippen LogP contribution is -2.38. The Labute approximate surface area is 129 Å². The fourth-order valence-electron chi connectivity index (χ4n) is 2.12. The van der Waals surface area contributed by atoms with E-state index in [4.69, 9.17) is 21.1 Å². The maximum absolute atomic E-state index is 9.39. The number of nitrogens with zero attached hydrogens (tertiary/aromatic N) is 1. The third-order valence-corrected chi connectivity index (χ3v) is 3.81. The van der Waals surface area contributed by atoms with Crippen LogP contribution in [0.5, 0.6) is 0 Å². The smallest absolute Gasteiger partial charge is 0.190 e. The Bertz CT molecular complexity index is 628. The molecule has 0 amide bonds. The van der Waals surface area contributed by atoms with Crippen LogP contribution in [0.2, 0.25) is 0 Å². The van der Waals surface area contributed by atoms with Crippen LogP contribution in [0.25, 0.3) is 6.08 Å². The van der Waals surface area contributed by atoms with Crippen molar-refractivity contribution in [3.8, 4) is 6.07 Å². The number of hydrogen-bond acceptors (Lipinski definition) is 3. The van der Waals surface area contributed by atoms with Crippen molar-refractivity contribution in [3.63, 3.8) is 0 Å². The molecule has 0 saturated carbocycles. The van der Waals surface area contributed by atoms with Gasteiger partial charge in [-0.15, -0.1) is 0 Å². The molecular formula is C17H16ClNO2. The van der Waals surface area contributed by atoms with Crippen LogP contribution in [-0.4, -0.2) is 25.4 Å². The Hall–Kier alpha value is -1.86. The fraction of sp³-hybridized carbons (Fsp3) is 0.235. The van der Waals surface area contributed by atoms with Gasteiger partial charge in [0.2, 0.25) is 0 Å². The number of nitriles is 1. The topological polar surface area (TPSA) is 42.2 Å². The molecule has 1 aliphatic rings. The maximum atomic E-state index is 9.39. The third-order valence-electron chi connectivity index (χ3n) is 3.32. The minimum Gasteiger partial charge on any atom is -0.373 e. The van der Waals surface area contributed by atoms with Crippen molar-refractivity contribution in [2.24, 2.45) is 0 Å². The monoisotopic (exact) mass is 301 g/mol. The highest BCUT2D eigenvalue weighted by atomic mass is 35.5. The van der Waals surface area contributed by atoms with Crippen LogP contribution >= 0.6 is 11.6 Å². The molecule has 2 unspecified atom stereocenters. The highest BCUT2D eigenvalue weighted by molar-refractivity contribution is 6.25. The predicted molar refractivity (Wildman–Crippen MR) is 83.6 cm³/mol. The summed E-state index contributed by atoms with van der Waals surface area (Å²) in [5, 5.41) is 8.35. The standard InChI is InChI=1S/C17H16ClNO2/c1-20-16-11-14(8-9-17(16,18)21-2)15(12-19)10-13-6-4-3-5-7-13/h3-11,16H,1-2H3. The lowest BCUT2D eigenvalue weighted by molar-refractivity contribution is -0.0135. The van der Waals surface area contributed by atoms with Gasteiger partial charge >= 0.3 is 0 Å². The second-order valence-electron chi connectivity index (χ2n) is 4.59. The largest absolute Gasteiger partial charge is 0.373 e. The zero-order chi connectivity index (χ0) is 15.3. The average Bonchev–Trinajstić information content (AvgIpc) is 2.54. The van der Waals surface area contributed by atoms with Crippen molar-refractivity contribution in [1.29, 1.82) is 5.26 Å². The molecule has 0 heterocycles. The lowest BCUT2D eigenvalue weighted by atomic mass is 9.95. The SMILES string of the molecule is COC1C=C(C(C#N)=Cc2ccccc2)C=CC1(Cl)OC. The van der Waals surface area contributed by atoms with E-state index >= 15 is 0 Å². The number of alkyl halides is 1. The summed E-state index contributed by atoms with van der Waals surface area (Å²) >= 11 is 6.32. The summed E-state index contributed by atoms with van der Waals surface area (Å²) in [7, 11) is 3.08. The normalized spacial score (nSPS) is 25.3. The molecule has 0 aliphatic heterocycles. The molecule has 0 spiro atoms. The lowest BCUT2D eigenvalue weighted by Gasteiger charge is -2.31. The van der Waals surface area contributed by atoms with Gasteiger partial charge in [0.1, 0.15) is 6.10 Å². The zero-order valence-corrected chi connectivity index (χ0v) is 12.7. The van der Waals surface area contributed by atoms with Gasteiger partial charge in [0.05, 0.1) is 11.6 Å². The molecule has 1 aliphatic carbocycles. The van der Waals surface area contributed by atoms with Crippen LogP contribution in [0.4, 0.5) is 0 Å². The number of benzene rings is 1. The number of methoxy groups -OCH3 is 2. The van der Waals surface area contributed by atoms with E-state index in [1.54, 1.807) is 25.3 Å². The summed E-state index contributed by atoms with van der Waals surface area (Å²) in [5.41, 5.74) is 2.28. The Morgan fingerprint density at radius 1 is 1.33 bits per heavy atom. The molecule has 1 aromatic rings. The van der Waals surface area contributed by atoms with Gasteiger partial charge in [-0.1, -0.05) is 48.0 Å². The van der Waals surface area contributed by atoms with Crippen molar-refractivity contribution < 1.29 is 9.47 Å². The van der Waals surface area contributed by atoms with E-state index in [9.17, 15) is 5.26 Å². The van der Waals surface area contributed by atoms with Crippen molar-refractivity contribution in [3.05, 3.63) is 65.3 Å². The second kappa shape index (κ2) is 6.73. The molecule has 21 heavy (non-hydrogen) atoms. The Kier molecular flexibility index (Phi) is 4.98. The van der Waals surface area contributed by atoms with Gasteiger partial charge in [-0.25, -0.2) is 0 Å². The molecule has 1 aromatic carbocycles. The molecule has 3 nitrogen and oxygen atoms in total. The highest BCUT2D eigenvalue weighted by Gasteiger charge is 2.36. The van der Waals surface area contributed by atoms with Crippen LogP contribution in [0.1, 0.15) is 5.56 Å². The van der Waals surface area contributed by atoms with E-state index in [0.717, 1.165) is 11.1 Å². The number of halogens is 1. The molecule has 0 saturated heterocycles. The Morgan fingerprint density at radius 3 is 2.62 bits per heavy atom. The molecule has 0 radical (unpaired) electrons. The average molecular weight is 302 g/mol. The summed E-state index contributed by atoms with van der Waals surface area (Å²) in [6.45, 7) is 0. The van der Waals surface area contributed by atoms with Gasteiger partial charge < -0.3 is 9.47 Å². The van der Waals surface area contributed by atoms with E-state index in [2.05, 4.69) is 6.07 Å². The van der Waals surface area contributed by atoms with Gasteiger partial charge in [-0.2, -0.15) is 5.26 Å². The van der Waals surface area contributed by atoms with Gasteiger partial charge in [0.25, 0.3) is 0 Å². The quantitative estimate of drug-likeness (QED) is 0.629. The molecule has 2 atom stereocenters. The van der Waals surface area contributed by atoms with E-state index in [-0.39, 0.29) is 0 Å². The minimum absolute atomic E-state index is 0.461. The van der Waals surface area contributed by atoms with Crippen molar-refractivity contribution in [2.75, 3.05) is 14.2 Å². The summed E-state index contributed by atoms with van der Waals surface area (Å²) in [4.78, 5) is 0. The van der Waals surface area contributed by atoms with Gasteiger partial charge in [-0.3, -0.25) is 0 Å². The summed E-state index contributed by atoms with van der Waals surface area (Å²) < 4.78 is 10.6. The molecule has 0 bridgehead atoms. The molecule has 2 rings (SSSR count). The predicted octanol–water partition coefficient (Wildman–Crippen LogP) is 3.69. The first-order valence-corrected chi connectivity index (χ1v) is 6.86. The molecule has 4 heteroatoms. The first-order chi connectivity index (χ1) is 10.1. The van der Waals surface area contributed by atoms with Crippen molar-refractivity contribution >= 4 is 17.7 Å². The van der Waals surface area contributed by atoms with Gasteiger partial charge in [0.15, 0.2) is 5.06 Å². The van der Waals surface area contributed by atoms with Crippen LogP contribution in [0, 0.1) is 11.3 Å². The van der Waals surface area contributed by atoms with Crippen molar-refractivity contribution in [2.45, 2.75) is 11.2 Å². The van der Waals surface area contributed by atoms with Gasteiger partial charge in [0, 0.05) is 14.2 Å². The molecule has 0 aromatic heterocycles. The van der Waals surface area contributed by atoms with E-state index in [0.29, 0.717) is 5.57 Å². The first kappa shape index (κ1) is 15.5. The fourth-order valence-corrected chi connectivity index (χ4v) is 2.33. The van der Waals surface area contributed by atoms with Crippen LogP contribution in [-0.2, 0) is 9.47 Å². The number of ether oxygens (including phenoxy) is 2. The molecule has 0 N–H and O–H groups in total. The second-order valence-corrected chi connectivity index (χ2v) is 5.18. The maximum Gasteiger partial charge on any atom is 0.190 e. The first-order valence-electron chi connectivity index (χ1n) is 6.48. The summed E-state index contributed by atoms with van der Waals surface area (Å²) in [6, 6.07) is 11.9. The Morgan fingerprint density at radius 2 is 2.05 bits per heavy atom. The van der Waals surface area contributed by atoms with Crippen molar-refractivity contribution in [1.82, 2.24) is 0 Å². The van der Waals surface area contributed by atoms with E-state index in [1.165, 1.54) is 7.11 Å². The van der Waals surface area contributed by atoms with Crippen LogP contribution < -0.4 is 0 Å². The summed E-state index contributed by atoms with van der Waals surface area (Å²) in [6.07, 6.45) is 6.65.